The van der Waals surface area contributed by atoms with Crippen LogP contribution >= 0.6 is 0 Å². The summed E-state index contributed by atoms with van der Waals surface area (Å²) in [7, 11) is 0. The van der Waals surface area contributed by atoms with E-state index in [2.05, 4.69) is 0 Å². The highest BCUT2D eigenvalue weighted by Crippen LogP contribution is 2.30. The van der Waals surface area contributed by atoms with E-state index in [1.54, 1.807) is 24.3 Å². The number of aromatic hydroxyl groups is 1. The highest BCUT2D eigenvalue weighted by atomic mass is 16.3. The van der Waals surface area contributed by atoms with Crippen LogP contribution in [0.5, 0.6) is 5.75 Å². The van der Waals surface area contributed by atoms with Crippen molar-refractivity contribution < 1.29 is 14.7 Å². The zero-order valence-electron chi connectivity index (χ0n) is 11.9. The molecule has 1 aliphatic rings. The Morgan fingerprint density at radius 2 is 1.43 bits per heavy atom. The topological polar surface area (TPSA) is 57.6 Å². The van der Waals surface area contributed by atoms with Gasteiger partial charge in [-0.1, -0.05) is 30.3 Å². The molecule has 2 aromatic rings. The quantitative estimate of drug-likeness (QED) is 0.861. The number of phenolic OH excluding ortho intramolecular Hbond substituents is 1. The molecule has 0 saturated heterocycles. The zero-order valence-corrected chi connectivity index (χ0v) is 11.9. The van der Waals surface area contributed by atoms with E-state index in [1.165, 1.54) is 4.90 Å². The molecule has 0 unspecified atom stereocenters. The van der Waals surface area contributed by atoms with Gasteiger partial charge in [0.15, 0.2) is 0 Å². The summed E-state index contributed by atoms with van der Waals surface area (Å²) in [4.78, 5) is 26.2. The largest absolute Gasteiger partial charge is 0.508 e. The van der Waals surface area contributed by atoms with Gasteiger partial charge >= 0.3 is 0 Å². The van der Waals surface area contributed by atoms with Crippen LogP contribution in [0.4, 0.5) is 0 Å². The number of rotatable bonds is 2. The molecule has 0 radical (unpaired) electrons. The molecule has 0 bridgehead atoms. The van der Waals surface area contributed by atoms with Gasteiger partial charge in [0.1, 0.15) is 5.75 Å². The number of fused-ring (bicyclic) bond motifs is 1. The maximum Gasteiger partial charge on any atom is 0.262 e. The Hall–Kier alpha value is -2.62. The summed E-state index contributed by atoms with van der Waals surface area (Å²) < 4.78 is 0. The molecule has 21 heavy (non-hydrogen) atoms. The second kappa shape index (κ2) is 4.74. The fraction of sp³-hybridized carbons (Fsp3) is 0.176. The van der Waals surface area contributed by atoms with Crippen LogP contribution in [-0.2, 0) is 6.54 Å². The molecule has 1 aliphatic heterocycles. The highest BCUT2D eigenvalue weighted by Gasteiger charge is 2.38. The van der Waals surface area contributed by atoms with Crippen molar-refractivity contribution in [1.29, 1.82) is 0 Å². The smallest absolute Gasteiger partial charge is 0.262 e. The number of carbonyl (C=O) groups is 2. The van der Waals surface area contributed by atoms with Gasteiger partial charge in [-0.25, -0.2) is 0 Å². The lowest BCUT2D eigenvalue weighted by atomic mass is 9.99. The van der Waals surface area contributed by atoms with Gasteiger partial charge in [-0.2, -0.15) is 0 Å². The van der Waals surface area contributed by atoms with Crippen molar-refractivity contribution in [3.05, 3.63) is 64.2 Å². The zero-order chi connectivity index (χ0) is 15.1. The Kier molecular flexibility index (Phi) is 3.01. The second-order valence-corrected chi connectivity index (χ2v) is 5.27. The van der Waals surface area contributed by atoms with E-state index in [1.807, 2.05) is 26.0 Å². The summed E-state index contributed by atoms with van der Waals surface area (Å²) in [6, 6.07) is 10.4. The van der Waals surface area contributed by atoms with Crippen LogP contribution in [0.25, 0.3) is 0 Å². The number of benzene rings is 2. The molecular weight excluding hydrogens is 266 g/mol. The number of phenols is 1. The molecule has 3 rings (SSSR count). The number of imide groups is 1. The Balaban J connectivity index is 2.03. The predicted molar refractivity (Wildman–Crippen MR) is 78.2 cm³/mol. The van der Waals surface area contributed by atoms with Crippen molar-refractivity contribution in [2.24, 2.45) is 0 Å². The van der Waals surface area contributed by atoms with E-state index in [0.29, 0.717) is 16.7 Å². The normalized spacial score (nSPS) is 13.7. The molecule has 2 aromatic carbocycles. The molecule has 106 valence electrons. The van der Waals surface area contributed by atoms with Gasteiger partial charge in [-0.3, -0.25) is 14.5 Å². The molecule has 1 N–H and O–H groups in total. The van der Waals surface area contributed by atoms with Crippen molar-refractivity contribution in [1.82, 2.24) is 4.90 Å². The standard InChI is InChI=1S/C17H15NO3/c1-10-7-8-11(2)15-14(10)16(20)18(17(15)21)9-12-5-3-4-6-13(12)19/h3-8,19H,9H2,1-2H3. The number of nitrogens with zero attached hydrogens (tertiary/aromatic N) is 1. The number of aryl methyl sites for hydroxylation is 2. The van der Waals surface area contributed by atoms with Crippen molar-refractivity contribution in [2.75, 3.05) is 0 Å². The molecule has 1 heterocycles. The fourth-order valence-electron chi connectivity index (χ4n) is 2.68. The van der Waals surface area contributed by atoms with Gasteiger partial charge in [0.2, 0.25) is 0 Å². The van der Waals surface area contributed by atoms with E-state index in [9.17, 15) is 14.7 Å². The van der Waals surface area contributed by atoms with Crippen molar-refractivity contribution in [3.63, 3.8) is 0 Å². The first kappa shape index (κ1) is 13.4. The van der Waals surface area contributed by atoms with E-state index in [4.69, 9.17) is 0 Å². The van der Waals surface area contributed by atoms with Crippen LogP contribution in [0.3, 0.4) is 0 Å². The van der Waals surface area contributed by atoms with Crippen LogP contribution < -0.4 is 0 Å². The van der Waals surface area contributed by atoms with Gasteiger partial charge in [0.25, 0.3) is 11.8 Å². The minimum atomic E-state index is -0.292. The highest BCUT2D eigenvalue weighted by molar-refractivity contribution is 6.22. The van der Waals surface area contributed by atoms with E-state index in [0.717, 1.165) is 11.1 Å². The molecule has 2 amide bonds. The van der Waals surface area contributed by atoms with Gasteiger partial charge in [0, 0.05) is 5.56 Å². The van der Waals surface area contributed by atoms with E-state index >= 15 is 0 Å². The number of hydrogen-bond acceptors (Lipinski definition) is 3. The number of hydrogen-bond donors (Lipinski definition) is 1. The summed E-state index contributed by atoms with van der Waals surface area (Å²) in [5, 5.41) is 9.82. The van der Waals surface area contributed by atoms with Gasteiger partial charge in [-0.15, -0.1) is 0 Å². The maximum absolute atomic E-state index is 12.5. The number of amides is 2. The molecule has 4 heteroatoms. The number of para-hydroxylation sites is 1. The first-order valence-electron chi connectivity index (χ1n) is 6.74. The third kappa shape index (κ3) is 2.00. The minimum Gasteiger partial charge on any atom is -0.508 e. The van der Waals surface area contributed by atoms with Gasteiger partial charge < -0.3 is 5.11 Å². The summed E-state index contributed by atoms with van der Waals surface area (Å²) in [5.41, 5.74) is 3.12. The summed E-state index contributed by atoms with van der Waals surface area (Å²) in [6.45, 7) is 3.73. The number of carbonyl (C=O) groups excluding carboxylic acids is 2. The first-order chi connectivity index (χ1) is 10.0. The first-order valence-corrected chi connectivity index (χ1v) is 6.74. The van der Waals surface area contributed by atoms with Crippen molar-refractivity contribution in [2.45, 2.75) is 20.4 Å². The summed E-state index contributed by atoms with van der Waals surface area (Å²) in [5.74, 6) is -0.499. The molecule has 0 aromatic heterocycles. The maximum atomic E-state index is 12.5. The minimum absolute atomic E-state index is 0.0812. The predicted octanol–water partition coefficient (Wildman–Crippen LogP) is 2.81. The Morgan fingerprint density at radius 3 is 1.95 bits per heavy atom. The van der Waals surface area contributed by atoms with E-state index in [-0.39, 0.29) is 24.1 Å². The molecular formula is C17H15NO3. The van der Waals surface area contributed by atoms with Crippen molar-refractivity contribution >= 4 is 11.8 Å². The SMILES string of the molecule is Cc1ccc(C)c2c1C(=O)N(Cc1ccccc1O)C2=O. The van der Waals surface area contributed by atoms with Crippen LogP contribution in [-0.4, -0.2) is 21.8 Å². The Labute approximate surface area is 122 Å². The van der Waals surface area contributed by atoms with Gasteiger partial charge in [0.05, 0.1) is 17.7 Å². The molecule has 0 saturated carbocycles. The molecule has 4 nitrogen and oxygen atoms in total. The average molecular weight is 281 g/mol. The monoisotopic (exact) mass is 281 g/mol. The van der Waals surface area contributed by atoms with Crippen LogP contribution in [0.1, 0.15) is 37.4 Å². The molecule has 0 aliphatic carbocycles. The second-order valence-electron chi connectivity index (χ2n) is 5.27. The summed E-state index contributed by atoms with van der Waals surface area (Å²) >= 11 is 0. The Bertz CT molecular complexity index is 724. The lowest BCUT2D eigenvalue weighted by Crippen LogP contribution is -2.29. The summed E-state index contributed by atoms with van der Waals surface area (Å²) in [6.07, 6.45) is 0. The lowest BCUT2D eigenvalue weighted by molar-refractivity contribution is 0.0641. The van der Waals surface area contributed by atoms with Crippen molar-refractivity contribution in [3.8, 4) is 5.75 Å². The Morgan fingerprint density at radius 1 is 0.905 bits per heavy atom. The van der Waals surface area contributed by atoms with E-state index < -0.39 is 0 Å². The van der Waals surface area contributed by atoms with Gasteiger partial charge in [-0.05, 0) is 31.0 Å². The molecule has 0 fully saturated rings. The van der Waals surface area contributed by atoms with Crippen LogP contribution in [0, 0.1) is 13.8 Å². The van der Waals surface area contributed by atoms with Crippen LogP contribution in [0.2, 0.25) is 0 Å². The fourth-order valence-corrected chi connectivity index (χ4v) is 2.68. The molecule has 0 spiro atoms. The third-order valence-electron chi connectivity index (χ3n) is 3.86. The lowest BCUT2D eigenvalue weighted by Gasteiger charge is -2.14. The van der Waals surface area contributed by atoms with Crippen LogP contribution in [0.15, 0.2) is 36.4 Å². The average Bonchev–Trinajstić information content (AvgIpc) is 2.71. The molecule has 0 atom stereocenters. The third-order valence-corrected chi connectivity index (χ3v) is 3.86.